The quantitative estimate of drug-likeness (QED) is 0.376. The van der Waals surface area contributed by atoms with E-state index in [0.29, 0.717) is 6.71 Å². The number of para-hydroxylation sites is 1. The van der Waals surface area contributed by atoms with Crippen LogP contribution in [-0.4, -0.2) is 12.3 Å². The van der Waals surface area contributed by atoms with Gasteiger partial charge in [-0.3, -0.25) is 0 Å². The van der Waals surface area contributed by atoms with Gasteiger partial charge in [-0.2, -0.15) is 0 Å². The van der Waals surface area contributed by atoms with Crippen molar-refractivity contribution in [3.8, 4) is 0 Å². The summed E-state index contributed by atoms with van der Waals surface area (Å²) in [6, 6.07) is 21.1. The maximum absolute atomic E-state index is 2.79. The van der Waals surface area contributed by atoms with Crippen molar-refractivity contribution >= 4 is 46.2 Å². The molecule has 0 spiro atoms. The summed E-state index contributed by atoms with van der Waals surface area (Å²) in [5.74, 6) is 0. The van der Waals surface area contributed by atoms with Crippen molar-refractivity contribution in [2.45, 2.75) is 67.2 Å². The van der Waals surface area contributed by atoms with E-state index in [2.05, 4.69) is 80.3 Å². The summed E-state index contributed by atoms with van der Waals surface area (Å²) in [7, 11) is 0. The van der Waals surface area contributed by atoms with E-state index in [0.717, 1.165) is 0 Å². The summed E-state index contributed by atoms with van der Waals surface area (Å²) in [5.41, 5.74) is 10.9. The molecule has 3 heteroatoms. The Bertz CT molecular complexity index is 1250. The van der Waals surface area contributed by atoms with Gasteiger partial charge >= 0.3 is 0 Å². The molecule has 0 radical (unpaired) electrons. The molecule has 3 aromatic rings. The summed E-state index contributed by atoms with van der Waals surface area (Å²) in [4.78, 5) is 5.70. The molecule has 3 aromatic carbocycles. The van der Waals surface area contributed by atoms with Crippen molar-refractivity contribution in [3.63, 3.8) is 0 Å². The molecular weight excluding hydrogens is 381 g/mol. The molecule has 1 fully saturated rings. The zero-order valence-corrected chi connectivity index (χ0v) is 18.8. The Kier molecular flexibility index (Phi) is 3.25. The lowest BCUT2D eigenvalue weighted by molar-refractivity contribution is 0.195. The lowest BCUT2D eigenvalue weighted by Gasteiger charge is -2.52. The number of benzene rings is 3. The predicted molar refractivity (Wildman–Crippen MR) is 129 cm³/mol. The van der Waals surface area contributed by atoms with Crippen LogP contribution in [0.4, 0.5) is 11.4 Å². The van der Waals surface area contributed by atoms with Gasteiger partial charge in [0.1, 0.15) is 0 Å². The average molecular weight is 407 g/mol. The zero-order valence-electron chi connectivity index (χ0n) is 18.0. The van der Waals surface area contributed by atoms with Crippen molar-refractivity contribution in [1.29, 1.82) is 0 Å². The first-order valence-electron chi connectivity index (χ1n) is 11.4. The van der Waals surface area contributed by atoms with Gasteiger partial charge in [0.25, 0.3) is 0 Å². The van der Waals surface area contributed by atoms with Gasteiger partial charge in [-0.05, 0) is 60.9 Å². The summed E-state index contributed by atoms with van der Waals surface area (Å²) in [6.45, 7) is 7.71. The Hall–Kier alpha value is -2.13. The fourth-order valence-corrected chi connectivity index (χ4v) is 8.37. The molecule has 0 bridgehead atoms. The third-order valence-electron chi connectivity index (χ3n) is 8.81. The largest absolute Gasteiger partial charge is 0.335 e. The van der Waals surface area contributed by atoms with Crippen LogP contribution in [0.2, 0.25) is 0 Å². The third kappa shape index (κ3) is 1.82. The molecule has 4 aliphatic rings. The van der Waals surface area contributed by atoms with Gasteiger partial charge in [0.2, 0.25) is 6.71 Å². The van der Waals surface area contributed by atoms with Crippen molar-refractivity contribution in [3.05, 3.63) is 65.7 Å². The van der Waals surface area contributed by atoms with Crippen LogP contribution in [0.1, 0.15) is 50.7 Å². The molecule has 0 amide bonds. The molecule has 0 aromatic heterocycles. The Morgan fingerprint density at radius 1 is 0.900 bits per heavy atom. The van der Waals surface area contributed by atoms with E-state index in [-0.39, 0.29) is 11.0 Å². The Morgan fingerprint density at radius 2 is 1.67 bits per heavy atom. The first kappa shape index (κ1) is 17.5. The van der Waals surface area contributed by atoms with Crippen LogP contribution in [0.25, 0.3) is 0 Å². The Balaban J connectivity index is 1.62. The van der Waals surface area contributed by atoms with Gasteiger partial charge < -0.3 is 4.90 Å². The van der Waals surface area contributed by atoms with Crippen LogP contribution < -0.4 is 21.3 Å². The first-order valence-corrected chi connectivity index (χ1v) is 12.2. The minimum Gasteiger partial charge on any atom is -0.335 e. The molecule has 7 rings (SSSR count). The number of aryl methyl sites for hydroxylation is 1. The van der Waals surface area contributed by atoms with Crippen LogP contribution in [0, 0.1) is 6.92 Å². The van der Waals surface area contributed by atoms with Crippen LogP contribution >= 0.6 is 11.8 Å². The van der Waals surface area contributed by atoms with Crippen molar-refractivity contribution in [2.24, 2.45) is 0 Å². The predicted octanol–water partition coefficient (Wildman–Crippen LogP) is 5.03. The van der Waals surface area contributed by atoms with E-state index < -0.39 is 0 Å². The van der Waals surface area contributed by atoms with E-state index in [9.17, 15) is 0 Å². The number of hydrogen-bond acceptors (Lipinski definition) is 2. The first-order chi connectivity index (χ1) is 14.5. The maximum atomic E-state index is 2.79. The second kappa shape index (κ2) is 5.56. The molecule has 1 saturated carbocycles. The molecule has 148 valence electrons. The average Bonchev–Trinajstić information content (AvgIpc) is 2.97. The van der Waals surface area contributed by atoms with Crippen LogP contribution in [0.3, 0.4) is 0 Å². The highest BCUT2D eigenvalue weighted by Crippen LogP contribution is 2.61. The summed E-state index contributed by atoms with van der Waals surface area (Å²) in [6.07, 6.45) is 5.24. The van der Waals surface area contributed by atoms with E-state index in [1.165, 1.54) is 63.3 Å². The van der Waals surface area contributed by atoms with Gasteiger partial charge in [-0.15, -0.1) is 0 Å². The van der Waals surface area contributed by atoms with Crippen LogP contribution in [0.5, 0.6) is 0 Å². The molecule has 3 aliphatic heterocycles. The minimum atomic E-state index is 0.154. The molecule has 1 nitrogen and oxygen atoms in total. The van der Waals surface area contributed by atoms with E-state index >= 15 is 0 Å². The molecule has 30 heavy (non-hydrogen) atoms. The van der Waals surface area contributed by atoms with E-state index in [1.54, 1.807) is 11.0 Å². The van der Waals surface area contributed by atoms with Crippen LogP contribution in [0.15, 0.2) is 64.4 Å². The number of hydrogen-bond donors (Lipinski definition) is 0. The van der Waals surface area contributed by atoms with Crippen molar-refractivity contribution in [1.82, 2.24) is 0 Å². The van der Waals surface area contributed by atoms with Crippen molar-refractivity contribution < 1.29 is 0 Å². The third-order valence-corrected chi connectivity index (χ3v) is 10.1. The Morgan fingerprint density at radius 3 is 2.57 bits per heavy atom. The second-order valence-corrected chi connectivity index (χ2v) is 11.2. The van der Waals surface area contributed by atoms with E-state index in [4.69, 9.17) is 0 Å². The molecule has 0 N–H and O–H groups in total. The second-order valence-electron chi connectivity index (χ2n) is 10.1. The highest BCUT2D eigenvalue weighted by Gasteiger charge is 2.60. The minimum absolute atomic E-state index is 0.154. The van der Waals surface area contributed by atoms with Crippen molar-refractivity contribution in [2.75, 3.05) is 4.90 Å². The molecule has 2 unspecified atom stereocenters. The monoisotopic (exact) mass is 407 g/mol. The van der Waals surface area contributed by atoms with E-state index in [1.807, 2.05) is 11.8 Å². The van der Waals surface area contributed by atoms with Gasteiger partial charge in [0.15, 0.2) is 0 Å². The molecular formula is C27H26BNS. The molecule has 2 atom stereocenters. The number of nitrogens with zero attached hydrogens (tertiary/aromatic N) is 1. The highest BCUT2D eigenvalue weighted by atomic mass is 32.2. The fourth-order valence-electron chi connectivity index (χ4n) is 7.14. The lowest BCUT2D eigenvalue weighted by Crippen LogP contribution is -2.63. The number of fused-ring (bicyclic) bond motifs is 7. The SMILES string of the molecule is Cc1cccc2c1Sc1cccc3c1B2c1cccc2c1N3C1(C)CCCCC21C. The standard InChI is InChI=1S/C27H26BNS/c1-17-9-6-12-20-25(17)30-22-14-8-13-21-23(22)28(20)19-11-7-10-18-24(19)29(21)27(3)16-5-4-15-26(18,27)2/h6-14H,4-5,15-16H2,1-3H3. The van der Waals surface area contributed by atoms with Crippen LogP contribution in [-0.2, 0) is 5.41 Å². The summed E-state index contributed by atoms with van der Waals surface area (Å²) in [5, 5.41) is 0. The topological polar surface area (TPSA) is 3.24 Å². The molecule has 1 aliphatic carbocycles. The van der Waals surface area contributed by atoms with Gasteiger partial charge in [-0.25, -0.2) is 0 Å². The highest BCUT2D eigenvalue weighted by molar-refractivity contribution is 8.00. The maximum Gasteiger partial charge on any atom is 0.249 e. The molecule has 3 heterocycles. The fraction of sp³-hybridized carbons (Fsp3) is 0.333. The smallest absolute Gasteiger partial charge is 0.249 e. The normalized spacial score (nSPS) is 27.3. The zero-order chi connectivity index (χ0) is 20.3. The molecule has 0 saturated heterocycles. The number of rotatable bonds is 0. The van der Waals surface area contributed by atoms with Gasteiger partial charge in [-0.1, -0.05) is 79.5 Å². The summed E-state index contributed by atoms with van der Waals surface area (Å²) >= 11 is 1.98. The lowest BCUT2D eigenvalue weighted by atomic mass is 9.34. The van der Waals surface area contributed by atoms with Gasteiger partial charge in [0.05, 0.1) is 5.54 Å². The Labute approximate surface area is 184 Å². The van der Waals surface area contributed by atoms with Gasteiger partial charge in [0, 0.05) is 26.6 Å². The number of anilines is 2. The summed E-state index contributed by atoms with van der Waals surface area (Å²) < 4.78 is 0.